The summed E-state index contributed by atoms with van der Waals surface area (Å²) in [5.74, 6) is 0.313. The van der Waals surface area contributed by atoms with Crippen molar-refractivity contribution in [3.63, 3.8) is 0 Å². The molecule has 0 amide bonds. The van der Waals surface area contributed by atoms with Crippen LogP contribution in [-0.2, 0) is 4.79 Å². The summed E-state index contributed by atoms with van der Waals surface area (Å²) in [7, 11) is 0. The molecule has 0 rings (SSSR count). The Labute approximate surface area is 64.8 Å². The van der Waals surface area contributed by atoms with E-state index in [1.54, 1.807) is 6.92 Å². The van der Waals surface area contributed by atoms with E-state index in [2.05, 4.69) is 13.8 Å². The van der Waals surface area contributed by atoms with E-state index in [0.29, 0.717) is 5.78 Å². The summed E-state index contributed by atoms with van der Waals surface area (Å²) in [5.41, 5.74) is -0.0556. The van der Waals surface area contributed by atoms with Crippen molar-refractivity contribution in [1.82, 2.24) is 0 Å². The van der Waals surface area contributed by atoms with Crippen molar-refractivity contribution >= 4 is 5.78 Å². The summed E-state index contributed by atoms with van der Waals surface area (Å²) in [6.45, 7) is 7.82. The summed E-state index contributed by atoms with van der Waals surface area (Å²) >= 11 is 0. The third kappa shape index (κ3) is 2.51. The fourth-order valence-corrected chi connectivity index (χ4v) is 0.748. The van der Waals surface area contributed by atoms with E-state index in [-0.39, 0.29) is 12.8 Å². The van der Waals surface area contributed by atoms with Crippen LogP contribution in [0.15, 0.2) is 0 Å². The normalized spacial score (nSPS) is 10.4. The van der Waals surface area contributed by atoms with Gasteiger partial charge in [0, 0.05) is 5.41 Å². The van der Waals surface area contributed by atoms with Crippen LogP contribution in [0, 0.1) is 5.41 Å². The summed E-state index contributed by atoms with van der Waals surface area (Å²) < 4.78 is 0. The first kappa shape index (κ1) is 12.4. The van der Waals surface area contributed by atoms with E-state index in [1.807, 2.05) is 6.92 Å². The highest BCUT2D eigenvalue weighted by molar-refractivity contribution is 5.81. The van der Waals surface area contributed by atoms with Gasteiger partial charge < -0.3 is 0 Å². The fourth-order valence-electron chi connectivity index (χ4n) is 0.748. The van der Waals surface area contributed by atoms with Crippen LogP contribution in [0.5, 0.6) is 0 Å². The maximum absolute atomic E-state index is 10.9. The van der Waals surface area contributed by atoms with Gasteiger partial charge in [-0.1, -0.05) is 28.2 Å². The maximum atomic E-state index is 10.9. The van der Waals surface area contributed by atoms with Crippen LogP contribution in [-0.4, -0.2) is 5.78 Å². The van der Waals surface area contributed by atoms with Gasteiger partial charge in [0.2, 0.25) is 0 Å². The summed E-state index contributed by atoms with van der Waals surface area (Å²) in [4.78, 5) is 10.9. The average Bonchev–Trinajstić information content (AvgIpc) is 1.86. The molecular formula is C9H20O. The number of Topliss-reactive ketones (excluding diaryl/α,β-unsaturated/α-hetero) is 1. The zero-order valence-electron chi connectivity index (χ0n) is 6.82. The molecule has 0 aromatic carbocycles. The molecule has 0 spiro atoms. The number of hydrogen-bond acceptors (Lipinski definition) is 1. The number of carbonyl (C=O) groups excluding carboxylic acids is 1. The molecule has 0 N–H and O–H groups in total. The van der Waals surface area contributed by atoms with Crippen molar-refractivity contribution in [2.45, 2.75) is 48.0 Å². The van der Waals surface area contributed by atoms with Crippen LogP contribution in [0.3, 0.4) is 0 Å². The molecule has 0 radical (unpaired) electrons. The molecule has 0 heterocycles. The molecule has 0 fully saturated rings. The Morgan fingerprint density at radius 2 is 1.60 bits per heavy atom. The zero-order valence-corrected chi connectivity index (χ0v) is 6.82. The van der Waals surface area contributed by atoms with Crippen molar-refractivity contribution in [3.8, 4) is 0 Å². The van der Waals surface area contributed by atoms with Crippen LogP contribution in [0.4, 0.5) is 0 Å². The summed E-state index contributed by atoms with van der Waals surface area (Å²) in [6, 6.07) is 0. The van der Waals surface area contributed by atoms with Gasteiger partial charge >= 0.3 is 0 Å². The number of ketones is 1. The Morgan fingerprint density at radius 1 is 1.30 bits per heavy atom. The van der Waals surface area contributed by atoms with Gasteiger partial charge in [0.05, 0.1) is 0 Å². The summed E-state index contributed by atoms with van der Waals surface area (Å²) in [5, 5.41) is 0. The van der Waals surface area contributed by atoms with Crippen LogP contribution in [0.25, 0.3) is 0 Å². The van der Waals surface area contributed by atoms with E-state index in [1.165, 1.54) is 0 Å². The topological polar surface area (TPSA) is 17.1 Å². The predicted molar refractivity (Wildman–Crippen MR) is 46.1 cm³/mol. The minimum Gasteiger partial charge on any atom is -0.299 e. The lowest BCUT2D eigenvalue weighted by Crippen LogP contribution is -2.23. The molecule has 0 aliphatic carbocycles. The Hall–Kier alpha value is -0.330. The highest BCUT2D eigenvalue weighted by Crippen LogP contribution is 2.25. The lowest BCUT2D eigenvalue weighted by molar-refractivity contribution is -0.126. The molecule has 0 aromatic heterocycles. The van der Waals surface area contributed by atoms with Gasteiger partial charge in [-0.25, -0.2) is 0 Å². The molecule has 0 saturated heterocycles. The monoisotopic (exact) mass is 144 g/mol. The van der Waals surface area contributed by atoms with Crippen LogP contribution < -0.4 is 0 Å². The van der Waals surface area contributed by atoms with E-state index < -0.39 is 0 Å². The molecule has 0 unspecified atom stereocenters. The minimum atomic E-state index is -0.0556. The van der Waals surface area contributed by atoms with Crippen LogP contribution in [0.2, 0.25) is 0 Å². The maximum Gasteiger partial charge on any atom is 0.135 e. The second-order valence-corrected chi connectivity index (χ2v) is 2.82. The smallest absolute Gasteiger partial charge is 0.135 e. The Kier molecular flexibility index (Phi) is 5.54. The summed E-state index contributed by atoms with van der Waals surface area (Å²) in [6.07, 6.45) is 1.91. The highest BCUT2D eigenvalue weighted by atomic mass is 16.1. The van der Waals surface area contributed by atoms with Crippen LogP contribution in [0.1, 0.15) is 48.0 Å². The second kappa shape index (κ2) is 4.48. The number of carbonyl (C=O) groups is 1. The fraction of sp³-hybridized carbons (Fsp3) is 0.889. The van der Waals surface area contributed by atoms with Crippen molar-refractivity contribution in [3.05, 3.63) is 0 Å². The Morgan fingerprint density at radius 3 is 1.60 bits per heavy atom. The first-order valence-electron chi connectivity index (χ1n) is 3.58. The lowest BCUT2D eigenvalue weighted by Gasteiger charge is -2.22. The van der Waals surface area contributed by atoms with Gasteiger partial charge in [-0.15, -0.1) is 0 Å². The Balaban J connectivity index is 0. The molecule has 0 saturated carbocycles. The third-order valence-corrected chi connectivity index (χ3v) is 2.41. The molecular weight excluding hydrogens is 124 g/mol. The number of rotatable bonds is 3. The third-order valence-electron chi connectivity index (χ3n) is 2.41. The molecule has 0 aliphatic rings. The van der Waals surface area contributed by atoms with Gasteiger partial charge in [0.25, 0.3) is 0 Å². The van der Waals surface area contributed by atoms with Gasteiger partial charge in [-0.3, -0.25) is 4.79 Å². The minimum absolute atomic E-state index is 0. The molecule has 1 heteroatoms. The molecule has 0 bridgehead atoms. The standard InChI is InChI=1S/C8H16O.CH4/c1-5-8(4,6-2)7(3)9;/h5-6H2,1-4H3;1H4. The van der Waals surface area contributed by atoms with E-state index in [0.717, 1.165) is 12.8 Å². The zero-order chi connectivity index (χ0) is 7.49. The highest BCUT2D eigenvalue weighted by Gasteiger charge is 2.24. The van der Waals surface area contributed by atoms with E-state index in [9.17, 15) is 4.79 Å². The van der Waals surface area contributed by atoms with Crippen LogP contribution >= 0.6 is 0 Å². The lowest BCUT2D eigenvalue weighted by atomic mass is 9.81. The molecule has 0 atom stereocenters. The van der Waals surface area contributed by atoms with Crippen molar-refractivity contribution in [2.24, 2.45) is 5.41 Å². The molecule has 0 aliphatic heterocycles. The molecule has 10 heavy (non-hydrogen) atoms. The Bertz CT molecular complexity index is 101. The van der Waals surface area contributed by atoms with Crippen molar-refractivity contribution in [2.75, 3.05) is 0 Å². The van der Waals surface area contributed by atoms with E-state index >= 15 is 0 Å². The van der Waals surface area contributed by atoms with Crippen molar-refractivity contribution in [1.29, 1.82) is 0 Å². The molecule has 62 valence electrons. The first-order chi connectivity index (χ1) is 4.06. The molecule has 1 nitrogen and oxygen atoms in total. The van der Waals surface area contributed by atoms with Gasteiger partial charge in [-0.2, -0.15) is 0 Å². The number of hydrogen-bond donors (Lipinski definition) is 0. The SMILES string of the molecule is C.CCC(C)(CC)C(C)=O. The largest absolute Gasteiger partial charge is 0.299 e. The average molecular weight is 144 g/mol. The van der Waals surface area contributed by atoms with Crippen molar-refractivity contribution < 1.29 is 4.79 Å². The quantitative estimate of drug-likeness (QED) is 0.595. The predicted octanol–water partition coefficient (Wildman–Crippen LogP) is 3.04. The molecule has 0 aromatic rings. The first-order valence-corrected chi connectivity index (χ1v) is 3.58. The van der Waals surface area contributed by atoms with Gasteiger partial charge in [0.15, 0.2) is 0 Å². The van der Waals surface area contributed by atoms with Gasteiger partial charge in [0.1, 0.15) is 5.78 Å². The van der Waals surface area contributed by atoms with Gasteiger partial charge in [-0.05, 0) is 19.8 Å². The van der Waals surface area contributed by atoms with E-state index in [4.69, 9.17) is 0 Å². The second-order valence-electron chi connectivity index (χ2n) is 2.82.